The van der Waals surface area contributed by atoms with Gasteiger partial charge in [-0.2, -0.15) is 0 Å². The van der Waals surface area contributed by atoms with Crippen molar-refractivity contribution in [2.24, 2.45) is 0 Å². The molecule has 1 fully saturated rings. The smallest absolute Gasteiger partial charge is 0.137 e. The minimum atomic E-state index is -0.660. The van der Waals surface area contributed by atoms with Gasteiger partial charge in [-0.05, 0) is 31.4 Å². The van der Waals surface area contributed by atoms with E-state index in [9.17, 15) is 5.11 Å². The molecule has 1 aromatic heterocycles. The Hall–Kier alpha value is -1.09. The summed E-state index contributed by atoms with van der Waals surface area (Å²) in [6.07, 6.45) is 4.38. The molecule has 0 aliphatic heterocycles. The minimum Gasteiger partial charge on any atom is -0.495 e. The number of hydrogen-bond donors (Lipinski definition) is 1. The molecule has 0 bridgehead atoms. The highest BCUT2D eigenvalue weighted by Gasteiger charge is 2.37. The number of ether oxygens (including phenoxy) is 1. The largest absolute Gasteiger partial charge is 0.495 e. The van der Waals surface area contributed by atoms with Crippen molar-refractivity contribution in [1.29, 1.82) is 0 Å². The first kappa shape index (κ1) is 8.51. The number of aliphatic hydroxyl groups is 1. The third-order valence-corrected chi connectivity index (χ3v) is 2.63. The topological polar surface area (TPSA) is 42.4 Å². The van der Waals surface area contributed by atoms with Gasteiger partial charge in [-0.15, -0.1) is 0 Å². The Bertz CT molecular complexity index is 290. The van der Waals surface area contributed by atoms with E-state index >= 15 is 0 Å². The molecule has 3 heteroatoms. The van der Waals surface area contributed by atoms with Crippen LogP contribution < -0.4 is 4.74 Å². The summed E-state index contributed by atoms with van der Waals surface area (Å²) >= 11 is 0. The maximum atomic E-state index is 9.94. The number of rotatable bonds is 2. The zero-order chi connectivity index (χ0) is 9.31. The van der Waals surface area contributed by atoms with Crippen LogP contribution in [0.5, 0.6) is 5.75 Å². The lowest BCUT2D eigenvalue weighted by molar-refractivity contribution is -0.0426. The van der Waals surface area contributed by atoms with Gasteiger partial charge in [0.25, 0.3) is 0 Å². The number of nitrogens with zero attached hydrogens (tertiary/aromatic N) is 1. The molecular weight excluding hydrogens is 166 g/mol. The zero-order valence-corrected chi connectivity index (χ0v) is 7.66. The Morgan fingerprint density at radius 2 is 2.23 bits per heavy atom. The molecule has 0 aromatic carbocycles. The van der Waals surface area contributed by atoms with Crippen molar-refractivity contribution in [2.75, 3.05) is 7.11 Å². The quantitative estimate of drug-likeness (QED) is 0.747. The molecule has 0 unspecified atom stereocenters. The third-order valence-electron chi connectivity index (χ3n) is 2.63. The standard InChI is InChI=1S/C10H13NO2/c1-13-8-3-4-9(11-7-8)10(12)5-2-6-10/h3-4,7,12H,2,5-6H2,1H3. The molecule has 0 spiro atoms. The third kappa shape index (κ3) is 1.40. The van der Waals surface area contributed by atoms with E-state index in [0.717, 1.165) is 30.7 Å². The van der Waals surface area contributed by atoms with Crippen LogP contribution in [0.4, 0.5) is 0 Å². The first-order valence-corrected chi connectivity index (χ1v) is 4.47. The lowest BCUT2D eigenvalue weighted by atomic mass is 9.77. The van der Waals surface area contributed by atoms with Gasteiger partial charge in [-0.3, -0.25) is 4.98 Å². The maximum Gasteiger partial charge on any atom is 0.137 e. The van der Waals surface area contributed by atoms with Gasteiger partial charge in [-0.1, -0.05) is 0 Å². The fraction of sp³-hybridized carbons (Fsp3) is 0.500. The highest BCUT2D eigenvalue weighted by atomic mass is 16.5. The van der Waals surface area contributed by atoms with Crippen molar-refractivity contribution >= 4 is 0 Å². The van der Waals surface area contributed by atoms with Crippen molar-refractivity contribution < 1.29 is 9.84 Å². The van der Waals surface area contributed by atoms with Crippen molar-refractivity contribution in [3.63, 3.8) is 0 Å². The predicted molar refractivity (Wildman–Crippen MR) is 48.5 cm³/mol. The molecule has 70 valence electrons. The van der Waals surface area contributed by atoms with Gasteiger partial charge < -0.3 is 9.84 Å². The van der Waals surface area contributed by atoms with Crippen LogP contribution in [0.15, 0.2) is 18.3 Å². The summed E-state index contributed by atoms with van der Waals surface area (Å²) in [4.78, 5) is 4.17. The van der Waals surface area contributed by atoms with Gasteiger partial charge in [0, 0.05) is 0 Å². The van der Waals surface area contributed by atoms with E-state index in [2.05, 4.69) is 4.98 Å². The summed E-state index contributed by atoms with van der Waals surface area (Å²) in [6.45, 7) is 0. The van der Waals surface area contributed by atoms with Crippen LogP contribution in [0.25, 0.3) is 0 Å². The summed E-state index contributed by atoms with van der Waals surface area (Å²) in [7, 11) is 1.61. The molecule has 1 heterocycles. The molecule has 1 aliphatic carbocycles. The second-order valence-electron chi connectivity index (χ2n) is 3.47. The molecule has 1 aliphatic rings. The Labute approximate surface area is 77.4 Å². The van der Waals surface area contributed by atoms with Crippen LogP contribution in [-0.4, -0.2) is 17.2 Å². The highest BCUT2D eigenvalue weighted by molar-refractivity contribution is 5.24. The first-order chi connectivity index (χ1) is 6.24. The lowest BCUT2D eigenvalue weighted by Crippen LogP contribution is -2.34. The average Bonchev–Trinajstić information content (AvgIpc) is 2.14. The van der Waals surface area contributed by atoms with E-state index in [1.807, 2.05) is 12.1 Å². The summed E-state index contributed by atoms with van der Waals surface area (Å²) in [5.74, 6) is 0.728. The van der Waals surface area contributed by atoms with E-state index in [1.165, 1.54) is 0 Å². The van der Waals surface area contributed by atoms with Gasteiger partial charge in [0.05, 0.1) is 19.0 Å². The zero-order valence-electron chi connectivity index (χ0n) is 7.66. The van der Waals surface area contributed by atoms with Crippen LogP contribution in [-0.2, 0) is 5.60 Å². The molecule has 1 N–H and O–H groups in total. The van der Waals surface area contributed by atoms with Crippen LogP contribution in [0.1, 0.15) is 25.0 Å². The van der Waals surface area contributed by atoms with Crippen molar-refractivity contribution in [3.8, 4) is 5.75 Å². The fourth-order valence-electron chi connectivity index (χ4n) is 1.54. The van der Waals surface area contributed by atoms with Crippen LogP contribution in [0.2, 0.25) is 0 Å². The second kappa shape index (κ2) is 3.00. The monoisotopic (exact) mass is 179 g/mol. The molecule has 0 atom stereocenters. The number of pyridine rings is 1. The minimum absolute atomic E-state index is 0.660. The molecule has 13 heavy (non-hydrogen) atoms. The van der Waals surface area contributed by atoms with E-state index in [1.54, 1.807) is 13.3 Å². The van der Waals surface area contributed by atoms with Gasteiger partial charge in [-0.25, -0.2) is 0 Å². The molecule has 0 radical (unpaired) electrons. The molecule has 0 saturated heterocycles. The van der Waals surface area contributed by atoms with Crippen molar-refractivity contribution in [3.05, 3.63) is 24.0 Å². The molecule has 2 rings (SSSR count). The number of hydrogen-bond acceptors (Lipinski definition) is 3. The van der Waals surface area contributed by atoms with E-state index in [4.69, 9.17) is 4.74 Å². The Morgan fingerprint density at radius 1 is 1.46 bits per heavy atom. The SMILES string of the molecule is COc1ccc(C2(O)CCC2)nc1. The summed E-state index contributed by atoms with van der Waals surface area (Å²) < 4.78 is 4.99. The number of aromatic nitrogens is 1. The summed E-state index contributed by atoms with van der Waals surface area (Å²) in [6, 6.07) is 3.66. The van der Waals surface area contributed by atoms with Crippen LogP contribution >= 0.6 is 0 Å². The summed E-state index contributed by atoms with van der Waals surface area (Å²) in [5.41, 5.74) is 0.103. The van der Waals surface area contributed by atoms with Crippen molar-refractivity contribution in [1.82, 2.24) is 4.98 Å². The van der Waals surface area contributed by atoms with Gasteiger partial charge in [0.1, 0.15) is 11.4 Å². The van der Waals surface area contributed by atoms with Gasteiger partial charge in [0.15, 0.2) is 0 Å². The van der Waals surface area contributed by atoms with E-state index in [0.29, 0.717) is 0 Å². The van der Waals surface area contributed by atoms with E-state index in [-0.39, 0.29) is 0 Å². The Morgan fingerprint density at radius 3 is 2.62 bits per heavy atom. The molecule has 3 nitrogen and oxygen atoms in total. The van der Waals surface area contributed by atoms with E-state index < -0.39 is 5.60 Å². The maximum absolute atomic E-state index is 9.94. The summed E-state index contributed by atoms with van der Waals surface area (Å²) in [5, 5.41) is 9.94. The average molecular weight is 179 g/mol. The molecular formula is C10H13NO2. The van der Waals surface area contributed by atoms with Gasteiger partial charge >= 0.3 is 0 Å². The molecule has 1 aromatic rings. The molecule has 0 amide bonds. The fourth-order valence-corrected chi connectivity index (χ4v) is 1.54. The second-order valence-corrected chi connectivity index (χ2v) is 3.47. The molecule has 1 saturated carbocycles. The predicted octanol–water partition coefficient (Wildman–Crippen LogP) is 1.46. The normalized spacial score (nSPS) is 19.2. The lowest BCUT2D eigenvalue weighted by Gasteiger charge is -2.35. The Kier molecular flexibility index (Phi) is 1.96. The van der Waals surface area contributed by atoms with Gasteiger partial charge in [0.2, 0.25) is 0 Å². The Balaban J connectivity index is 2.22. The van der Waals surface area contributed by atoms with Crippen LogP contribution in [0.3, 0.4) is 0 Å². The van der Waals surface area contributed by atoms with Crippen molar-refractivity contribution in [2.45, 2.75) is 24.9 Å². The number of methoxy groups -OCH3 is 1. The first-order valence-electron chi connectivity index (χ1n) is 4.47. The van der Waals surface area contributed by atoms with Crippen LogP contribution in [0, 0.1) is 0 Å². The highest BCUT2D eigenvalue weighted by Crippen LogP contribution is 2.40.